The highest BCUT2D eigenvalue weighted by atomic mass is 19.1. The Labute approximate surface area is 159 Å². The van der Waals surface area contributed by atoms with Crippen LogP contribution in [0.25, 0.3) is 11.0 Å². The van der Waals surface area contributed by atoms with Gasteiger partial charge in [0.1, 0.15) is 11.5 Å². The maximum absolute atomic E-state index is 13.2. The summed E-state index contributed by atoms with van der Waals surface area (Å²) >= 11 is 0. The number of anilines is 2. The molecular formula is C21H15FN4O2. The molecule has 0 radical (unpaired) electrons. The summed E-state index contributed by atoms with van der Waals surface area (Å²) in [6.45, 7) is 0. The van der Waals surface area contributed by atoms with Crippen LogP contribution in [0.2, 0.25) is 0 Å². The second kappa shape index (κ2) is 7.32. The van der Waals surface area contributed by atoms with Crippen molar-refractivity contribution >= 4 is 34.2 Å². The summed E-state index contributed by atoms with van der Waals surface area (Å²) < 4.78 is 13.2. The van der Waals surface area contributed by atoms with E-state index in [1.807, 2.05) is 6.07 Å². The van der Waals surface area contributed by atoms with E-state index in [4.69, 9.17) is 0 Å². The zero-order valence-electron chi connectivity index (χ0n) is 14.6. The van der Waals surface area contributed by atoms with Gasteiger partial charge in [0.15, 0.2) is 5.78 Å². The third-order valence-corrected chi connectivity index (χ3v) is 4.16. The predicted molar refractivity (Wildman–Crippen MR) is 105 cm³/mol. The average Bonchev–Trinajstić information content (AvgIpc) is 3.11. The number of H-pyrrole nitrogens is 1. The highest BCUT2D eigenvalue weighted by Crippen LogP contribution is 2.21. The number of benzene rings is 2. The Bertz CT molecular complexity index is 1190. The fourth-order valence-electron chi connectivity index (χ4n) is 2.90. The number of ketones is 1. The van der Waals surface area contributed by atoms with Crippen molar-refractivity contribution < 1.29 is 14.0 Å². The number of pyridine rings is 1. The summed E-state index contributed by atoms with van der Waals surface area (Å²) in [6.07, 6.45) is 3.27. The van der Waals surface area contributed by atoms with E-state index in [1.54, 1.807) is 48.8 Å². The summed E-state index contributed by atoms with van der Waals surface area (Å²) in [6, 6.07) is 15.2. The highest BCUT2D eigenvalue weighted by Gasteiger charge is 2.15. The summed E-state index contributed by atoms with van der Waals surface area (Å²) in [5, 5.41) is 5.92. The third kappa shape index (κ3) is 3.59. The van der Waals surface area contributed by atoms with Crippen LogP contribution in [-0.4, -0.2) is 21.8 Å². The molecule has 0 unspecified atom stereocenters. The van der Waals surface area contributed by atoms with Crippen LogP contribution in [0.15, 0.2) is 73.1 Å². The summed E-state index contributed by atoms with van der Waals surface area (Å²) in [5.74, 6) is -0.632. The second-order valence-electron chi connectivity index (χ2n) is 6.10. The number of aromatic amines is 1. The van der Waals surface area contributed by atoms with Crippen LogP contribution >= 0.6 is 0 Å². The standard InChI is InChI=1S/C21H15FN4O2/c22-14-5-2-7-16(11-14)26-21(28)25-15-6-1-4-13(10-15)19(27)18-12-24-20-17(18)8-3-9-23-20/h1-12H,(H,23,24)(H2,25,26,28). The predicted octanol–water partition coefficient (Wildman–Crippen LogP) is 4.58. The maximum atomic E-state index is 13.2. The number of amides is 2. The molecule has 0 aliphatic heterocycles. The van der Waals surface area contributed by atoms with Gasteiger partial charge in [-0.25, -0.2) is 14.2 Å². The number of hydrogen-bond donors (Lipinski definition) is 3. The van der Waals surface area contributed by atoms with Gasteiger partial charge in [0.05, 0.1) is 0 Å². The van der Waals surface area contributed by atoms with Crippen LogP contribution in [-0.2, 0) is 0 Å². The molecular weight excluding hydrogens is 359 g/mol. The number of aromatic nitrogens is 2. The molecule has 0 fully saturated rings. The number of rotatable bonds is 4. The Hall–Kier alpha value is -4.00. The van der Waals surface area contributed by atoms with Crippen molar-refractivity contribution in [2.24, 2.45) is 0 Å². The van der Waals surface area contributed by atoms with Gasteiger partial charge in [0.2, 0.25) is 0 Å². The number of carbonyl (C=O) groups excluding carboxylic acids is 2. The second-order valence-corrected chi connectivity index (χ2v) is 6.10. The molecule has 0 saturated heterocycles. The summed E-state index contributed by atoms with van der Waals surface area (Å²) in [5.41, 5.74) is 2.33. The zero-order chi connectivity index (χ0) is 19.5. The Morgan fingerprint density at radius 1 is 0.929 bits per heavy atom. The van der Waals surface area contributed by atoms with Gasteiger partial charge in [-0.05, 0) is 42.5 Å². The molecule has 2 amide bonds. The molecule has 7 heteroatoms. The molecule has 2 aromatic carbocycles. The van der Waals surface area contributed by atoms with E-state index in [0.717, 1.165) is 5.39 Å². The van der Waals surface area contributed by atoms with Crippen LogP contribution in [0.1, 0.15) is 15.9 Å². The van der Waals surface area contributed by atoms with Crippen molar-refractivity contribution in [3.63, 3.8) is 0 Å². The first-order chi connectivity index (χ1) is 13.6. The number of hydrogen-bond acceptors (Lipinski definition) is 3. The number of halogens is 1. The van der Waals surface area contributed by atoms with Crippen molar-refractivity contribution in [1.82, 2.24) is 9.97 Å². The molecule has 0 aliphatic rings. The molecule has 0 aliphatic carbocycles. The highest BCUT2D eigenvalue weighted by molar-refractivity contribution is 6.16. The zero-order valence-corrected chi connectivity index (χ0v) is 14.6. The quantitative estimate of drug-likeness (QED) is 0.457. The van der Waals surface area contributed by atoms with E-state index in [9.17, 15) is 14.0 Å². The smallest absolute Gasteiger partial charge is 0.323 e. The number of urea groups is 1. The number of nitrogens with zero attached hydrogens (tertiary/aromatic N) is 1. The lowest BCUT2D eigenvalue weighted by Gasteiger charge is -2.09. The molecule has 0 saturated carbocycles. The Morgan fingerprint density at radius 3 is 2.46 bits per heavy atom. The monoisotopic (exact) mass is 374 g/mol. The van der Waals surface area contributed by atoms with E-state index in [2.05, 4.69) is 20.6 Å². The molecule has 3 N–H and O–H groups in total. The lowest BCUT2D eigenvalue weighted by Crippen LogP contribution is -2.19. The molecule has 4 aromatic rings. The van der Waals surface area contributed by atoms with E-state index >= 15 is 0 Å². The molecule has 28 heavy (non-hydrogen) atoms. The number of nitrogens with one attached hydrogen (secondary N) is 3. The first-order valence-corrected chi connectivity index (χ1v) is 8.50. The lowest BCUT2D eigenvalue weighted by molar-refractivity contribution is 0.104. The van der Waals surface area contributed by atoms with Gasteiger partial charge >= 0.3 is 6.03 Å². The SMILES string of the molecule is O=C(Nc1cccc(F)c1)Nc1cccc(C(=O)c2c[nH]c3ncccc23)c1. The molecule has 4 rings (SSSR count). The van der Waals surface area contributed by atoms with Gasteiger partial charge in [-0.1, -0.05) is 18.2 Å². The molecule has 138 valence electrons. The van der Waals surface area contributed by atoms with Crippen LogP contribution in [0.3, 0.4) is 0 Å². The fraction of sp³-hybridized carbons (Fsp3) is 0. The normalized spacial score (nSPS) is 10.6. The van der Waals surface area contributed by atoms with Crippen LogP contribution in [0.5, 0.6) is 0 Å². The number of fused-ring (bicyclic) bond motifs is 1. The van der Waals surface area contributed by atoms with Crippen LogP contribution in [0, 0.1) is 5.82 Å². The Morgan fingerprint density at radius 2 is 1.68 bits per heavy atom. The van der Waals surface area contributed by atoms with E-state index < -0.39 is 11.8 Å². The van der Waals surface area contributed by atoms with Crippen molar-refractivity contribution in [2.45, 2.75) is 0 Å². The minimum absolute atomic E-state index is 0.187. The average molecular weight is 374 g/mol. The van der Waals surface area contributed by atoms with Gasteiger partial charge in [0.25, 0.3) is 0 Å². The van der Waals surface area contributed by atoms with Gasteiger partial charge in [-0.2, -0.15) is 0 Å². The first kappa shape index (κ1) is 17.4. The van der Waals surface area contributed by atoms with Crippen molar-refractivity contribution in [2.75, 3.05) is 10.6 Å². The summed E-state index contributed by atoms with van der Waals surface area (Å²) in [4.78, 5) is 32.2. The molecule has 2 heterocycles. The maximum Gasteiger partial charge on any atom is 0.323 e. The largest absolute Gasteiger partial charge is 0.345 e. The fourth-order valence-corrected chi connectivity index (χ4v) is 2.90. The van der Waals surface area contributed by atoms with E-state index in [1.165, 1.54) is 18.2 Å². The Kier molecular flexibility index (Phi) is 4.55. The van der Waals surface area contributed by atoms with E-state index in [0.29, 0.717) is 28.1 Å². The molecule has 0 bridgehead atoms. The van der Waals surface area contributed by atoms with E-state index in [-0.39, 0.29) is 5.78 Å². The third-order valence-electron chi connectivity index (χ3n) is 4.16. The van der Waals surface area contributed by atoms with Crippen LogP contribution in [0.4, 0.5) is 20.6 Å². The molecule has 6 nitrogen and oxygen atoms in total. The Balaban J connectivity index is 1.52. The number of carbonyl (C=O) groups is 2. The van der Waals surface area contributed by atoms with Gasteiger partial charge in [-0.15, -0.1) is 0 Å². The topological polar surface area (TPSA) is 86.9 Å². The minimum atomic E-state index is -0.536. The molecule has 0 spiro atoms. The minimum Gasteiger partial charge on any atom is -0.345 e. The van der Waals surface area contributed by atoms with Crippen LogP contribution < -0.4 is 10.6 Å². The van der Waals surface area contributed by atoms with Crippen molar-refractivity contribution in [1.29, 1.82) is 0 Å². The lowest BCUT2D eigenvalue weighted by atomic mass is 10.0. The van der Waals surface area contributed by atoms with Gasteiger partial charge in [-0.3, -0.25) is 4.79 Å². The first-order valence-electron chi connectivity index (χ1n) is 8.50. The van der Waals surface area contributed by atoms with Gasteiger partial charge in [0, 0.05) is 40.3 Å². The summed E-state index contributed by atoms with van der Waals surface area (Å²) in [7, 11) is 0. The molecule has 2 aromatic heterocycles. The van der Waals surface area contributed by atoms with Gasteiger partial charge < -0.3 is 15.6 Å². The van der Waals surface area contributed by atoms with Crippen molar-refractivity contribution in [3.8, 4) is 0 Å². The van der Waals surface area contributed by atoms with Crippen molar-refractivity contribution in [3.05, 3.63) is 90.0 Å². The molecule has 0 atom stereocenters.